The summed E-state index contributed by atoms with van der Waals surface area (Å²) in [6.45, 7) is 2.32. The smallest absolute Gasteiger partial charge is 0.335 e. The van der Waals surface area contributed by atoms with Gasteiger partial charge >= 0.3 is 5.97 Å². The van der Waals surface area contributed by atoms with Gasteiger partial charge in [-0.2, -0.15) is 0 Å². The summed E-state index contributed by atoms with van der Waals surface area (Å²) in [6.07, 6.45) is 0.651. The molecule has 0 radical (unpaired) electrons. The minimum atomic E-state index is -0.240. The van der Waals surface area contributed by atoms with E-state index in [9.17, 15) is 4.79 Å². The summed E-state index contributed by atoms with van der Waals surface area (Å²) < 4.78 is 4.92. The number of hydrogen-bond acceptors (Lipinski definition) is 4. The molecule has 0 unspecified atom stereocenters. The molecular formula is C13H13N3O2. The quantitative estimate of drug-likeness (QED) is 0.626. The lowest BCUT2D eigenvalue weighted by Crippen LogP contribution is -2.05. The second-order valence-electron chi connectivity index (χ2n) is 4.22. The van der Waals surface area contributed by atoms with Crippen LogP contribution in [0, 0.1) is 0 Å². The van der Waals surface area contributed by atoms with Crippen LogP contribution >= 0.6 is 0 Å². The van der Waals surface area contributed by atoms with Crippen molar-refractivity contribution in [1.82, 2.24) is 9.97 Å². The summed E-state index contributed by atoms with van der Waals surface area (Å²) in [5.74, 6) is 0.400. The van der Waals surface area contributed by atoms with Crippen molar-refractivity contribution in [2.24, 2.45) is 0 Å². The van der Waals surface area contributed by atoms with Crippen molar-refractivity contribution in [3.63, 3.8) is 0 Å². The molecule has 0 aliphatic carbocycles. The molecule has 0 amide bonds. The Kier molecular flexibility index (Phi) is 2.51. The number of ether oxygens (including phenoxy) is 1. The maximum Gasteiger partial charge on any atom is 0.335 e. The van der Waals surface area contributed by atoms with Gasteiger partial charge in [-0.25, -0.2) is 9.78 Å². The van der Waals surface area contributed by atoms with Crippen molar-refractivity contribution in [2.45, 2.75) is 13.3 Å². The second kappa shape index (κ2) is 4.18. The van der Waals surface area contributed by atoms with Crippen LogP contribution in [0.3, 0.4) is 0 Å². The zero-order chi connectivity index (χ0) is 12.5. The molecule has 5 nitrogen and oxygen atoms in total. The van der Waals surface area contributed by atoms with Crippen LogP contribution in [-0.2, 0) is 9.53 Å². The van der Waals surface area contributed by atoms with Gasteiger partial charge in [0, 0.05) is 12.1 Å². The largest absolute Gasteiger partial charge is 0.462 e. The van der Waals surface area contributed by atoms with Crippen LogP contribution in [0.1, 0.15) is 13.3 Å². The number of anilines is 1. The number of imidazole rings is 1. The van der Waals surface area contributed by atoms with Crippen molar-refractivity contribution in [1.29, 1.82) is 0 Å². The SMILES string of the molecule is C/C(Nc1nc2ccccc2[nH]1)=C1/CCOC1=O. The Morgan fingerprint density at radius 2 is 2.28 bits per heavy atom. The first-order valence-corrected chi connectivity index (χ1v) is 5.83. The van der Waals surface area contributed by atoms with Crippen LogP contribution in [0.5, 0.6) is 0 Å². The topological polar surface area (TPSA) is 67.0 Å². The van der Waals surface area contributed by atoms with E-state index in [0.717, 1.165) is 16.7 Å². The maximum absolute atomic E-state index is 11.4. The van der Waals surface area contributed by atoms with E-state index in [-0.39, 0.29) is 5.97 Å². The number of rotatable bonds is 2. The zero-order valence-electron chi connectivity index (χ0n) is 9.99. The van der Waals surface area contributed by atoms with E-state index in [0.29, 0.717) is 24.5 Å². The van der Waals surface area contributed by atoms with Gasteiger partial charge < -0.3 is 15.0 Å². The van der Waals surface area contributed by atoms with Gasteiger partial charge in [-0.1, -0.05) is 12.1 Å². The molecular weight excluding hydrogens is 230 g/mol. The third kappa shape index (κ3) is 1.84. The number of esters is 1. The number of aromatic amines is 1. The van der Waals surface area contributed by atoms with Gasteiger partial charge in [-0.3, -0.25) is 0 Å². The average molecular weight is 243 g/mol. The predicted octanol–water partition coefficient (Wildman–Crippen LogP) is 2.20. The number of carbonyl (C=O) groups is 1. The van der Waals surface area contributed by atoms with Crippen LogP contribution < -0.4 is 5.32 Å². The van der Waals surface area contributed by atoms with Crippen LogP contribution in [0.2, 0.25) is 0 Å². The molecule has 1 aromatic heterocycles. The third-order valence-corrected chi connectivity index (χ3v) is 2.98. The Bertz CT molecular complexity index is 609. The average Bonchev–Trinajstić information content (AvgIpc) is 2.94. The van der Waals surface area contributed by atoms with Crippen LogP contribution in [0.25, 0.3) is 11.0 Å². The van der Waals surface area contributed by atoms with E-state index in [1.54, 1.807) is 0 Å². The van der Waals surface area contributed by atoms with E-state index in [1.807, 2.05) is 31.2 Å². The van der Waals surface area contributed by atoms with Gasteiger partial charge in [-0.05, 0) is 19.1 Å². The van der Waals surface area contributed by atoms with E-state index in [4.69, 9.17) is 4.74 Å². The summed E-state index contributed by atoms with van der Waals surface area (Å²) in [5.41, 5.74) is 3.34. The summed E-state index contributed by atoms with van der Waals surface area (Å²) in [7, 11) is 0. The van der Waals surface area contributed by atoms with Gasteiger partial charge in [0.1, 0.15) is 0 Å². The number of carbonyl (C=O) groups excluding carboxylic acids is 1. The fraction of sp³-hybridized carbons (Fsp3) is 0.231. The first-order chi connectivity index (χ1) is 8.74. The molecule has 1 fully saturated rings. The van der Waals surface area contributed by atoms with Gasteiger partial charge in [0.05, 0.1) is 23.2 Å². The first kappa shape index (κ1) is 10.8. The molecule has 1 saturated heterocycles. The highest BCUT2D eigenvalue weighted by Gasteiger charge is 2.21. The third-order valence-electron chi connectivity index (χ3n) is 2.98. The standard InChI is InChI=1S/C13H13N3O2/c1-8(9-6-7-18-12(9)17)14-13-15-10-4-2-3-5-11(10)16-13/h2-5H,6-7H2,1H3,(H2,14,15,16)/b9-8+. The van der Waals surface area contributed by atoms with Crippen LogP contribution in [0.4, 0.5) is 5.95 Å². The molecule has 2 heterocycles. The number of H-pyrrole nitrogens is 1. The fourth-order valence-electron chi connectivity index (χ4n) is 2.04. The van der Waals surface area contributed by atoms with E-state index in [2.05, 4.69) is 15.3 Å². The summed E-state index contributed by atoms with van der Waals surface area (Å²) in [4.78, 5) is 19.0. The second-order valence-corrected chi connectivity index (χ2v) is 4.22. The van der Waals surface area contributed by atoms with Gasteiger partial charge in [0.15, 0.2) is 0 Å². The summed E-state index contributed by atoms with van der Waals surface area (Å²) >= 11 is 0. The normalized spacial score (nSPS) is 17.9. The molecule has 0 bridgehead atoms. The van der Waals surface area contributed by atoms with Crippen molar-refractivity contribution in [3.05, 3.63) is 35.5 Å². The highest BCUT2D eigenvalue weighted by molar-refractivity contribution is 5.91. The predicted molar refractivity (Wildman–Crippen MR) is 68.0 cm³/mol. The number of allylic oxidation sites excluding steroid dienone is 1. The highest BCUT2D eigenvalue weighted by atomic mass is 16.5. The molecule has 1 aliphatic heterocycles. The monoisotopic (exact) mass is 243 g/mol. The zero-order valence-corrected chi connectivity index (χ0v) is 9.99. The molecule has 18 heavy (non-hydrogen) atoms. The molecule has 3 rings (SSSR count). The summed E-state index contributed by atoms with van der Waals surface area (Å²) in [6, 6.07) is 7.78. The first-order valence-electron chi connectivity index (χ1n) is 5.83. The Labute approximate surface area is 104 Å². The van der Waals surface area contributed by atoms with Crippen molar-refractivity contribution in [3.8, 4) is 0 Å². The van der Waals surface area contributed by atoms with Crippen LogP contribution in [-0.4, -0.2) is 22.5 Å². The van der Waals surface area contributed by atoms with Gasteiger partial charge in [-0.15, -0.1) is 0 Å². The Hall–Kier alpha value is -2.30. The molecule has 0 atom stereocenters. The van der Waals surface area contributed by atoms with E-state index in [1.165, 1.54) is 0 Å². The van der Waals surface area contributed by atoms with E-state index >= 15 is 0 Å². The molecule has 1 aromatic carbocycles. The van der Waals surface area contributed by atoms with Crippen molar-refractivity contribution in [2.75, 3.05) is 11.9 Å². The number of nitrogens with zero attached hydrogens (tertiary/aromatic N) is 1. The van der Waals surface area contributed by atoms with Gasteiger partial charge in [0.25, 0.3) is 0 Å². The number of hydrogen-bond donors (Lipinski definition) is 2. The Morgan fingerprint density at radius 1 is 1.44 bits per heavy atom. The van der Waals surface area contributed by atoms with Crippen molar-refractivity contribution >= 4 is 23.0 Å². The number of aromatic nitrogens is 2. The Morgan fingerprint density at radius 3 is 3.00 bits per heavy atom. The fourth-order valence-corrected chi connectivity index (χ4v) is 2.04. The van der Waals surface area contributed by atoms with Crippen LogP contribution in [0.15, 0.2) is 35.5 Å². The lowest BCUT2D eigenvalue weighted by atomic mass is 10.2. The molecule has 0 spiro atoms. The number of benzene rings is 1. The molecule has 0 saturated carbocycles. The highest BCUT2D eigenvalue weighted by Crippen LogP contribution is 2.20. The number of para-hydroxylation sites is 2. The Balaban J connectivity index is 1.90. The molecule has 92 valence electrons. The summed E-state index contributed by atoms with van der Waals surface area (Å²) in [5, 5.41) is 3.12. The molecule has 2 N–H and O–H groups in total. The lowest BCUT2D eigenvalue weighted by Gasteiger charge is -2.04. The molecule has 2 aromatic rings. The van der Waals surface area contributed by atoms with Gasteiger partial charge in [0.2, 0.25) is 5.95 Å². The maximum atomic E-state index is 11.4. The molecule has 1 aliphatic rings. The number of fused-ring (bicyclic) bond motifs is 1. The number of cyclic esters (lactones) is 1. The minimum Gasteiger partial charge on any atom is -0.462 e. The minimum absolute atomic E-state index is 0.240. The van der Waals surface area contributed by atoms with E-state index < -0.39 is 0 Å². The molecule has 5 heteroatoms. The lowest BCUT2D eigenvalue weighted by molar-refractivity contribution is -0.135. The number of nitrogens with one attached hydrogen (secondary N) is 2. The van der Waals surface area contributed by atoms with Crippen molar-refractivity contribution < 1.29 is 9.53 Å².